The second-order valence-electron chi connectivity index (χ2n) is 5.04. The van der Waals surface area contributed by atoms with Crippen molar-refractivity contribution in [2.24, 2.45) is 0 Å². The zero-order chi connectivity index (χ0) is 9.03. The van der Waals surface area contributed by atoms with Gasteiger partial charge in [0.25, 0.3) is 0 Å². The van der Waals surface area contributed by atoms with Crippen LogP contribution in [0.5, 0.6) is 0 Å². The molecule has 0 aliphatic heterocycles. The third-order valence-electron chi connectivity index (χ3n) is 2.87. The molecule has 0 saturated carbocycles. The van der Waals surface area contributed by atoms with Gasteiger partial charge in [0, 0.05) is 0 Å². The number of hydrogen-bond acceptors (Lipinski definition) is 0. The summed E-state index contributed by atoms with van der Waals surface area (Å²) in [5.74, 6) is 0. The van der Waals surface area contributed by atoms with Crippen LogP contribution in [-0.2, 0) is 0 Å². The van der Waals surface area contributed by atoms with Crippen molar-refractivity contribution in [1.29, 1.82) is 0 Å². The van der Waals surface area contributed by atoms with Crippen molar-refractivity contribution in [3.63, 3.8) is 0 Å². The van der Waals surface area contributed by atoms with E-state index in [1.54, 1.807) is 0 Å². The van der Waals surface area contributed by atoms with Crippen molar-refractivity contribution in [3.8, 4) is 0 Å². The Morgan fingerprint density at radius 1 is 1.08 bits per heavy atom. The lowest BCUT2D eigenvalue weighted by atomic mass is 10.1. The van der Waals surface area contributed by atoms with Crippen molar-refractivity contribution < 1.29 is 0 Å². The monoisotopic (exact) mass is 182 g/mol. The Kier molecular flexibility index (Phi) is 3.57. The van der Waals surface area contributed by atoms with Gasteiger partial charge in [-0.2, -0.15) is 0 Å². The molecule has 0 fully saturated rings. The maximum atomic E-state index is 2.51. The Hall–Kier alpha value is -0.0431. The molecule has 1 aliphatic rings. The molecule has 0 bridgehead atoms. The van der Waals surface area contributed by atoms with E-state index in [-0.39, 0.29) is 0 Å². The van der Waals surface area contributed by atoms with Crippen LogP contribution in [0.4, 0.5) is 0 Å². The first-order chi connectivity index (χ1) is 5.61. The SMILES string of the molecule is C[Si](C)(C)[C@@H]1C=CCCCCC1. The summed E-state index contributed by atoms with van der Waals surface area (Å²) >= 11 is 0. The van der Waals surface area contributed by atoms with E-state index in [1.165, 1.54) is 32.1 Å². The van der Waals surface area contributed by atoms with Crippen LogP contribution in [0, 0.1) is 0 Å². The molecular formula is C11H22Si. The summed E-state index contributed by atoms with van der Waals surface area (Å²) in [4.78, 5) is 0. The predicted octanol–water partition coefficient (Wildman–Crippen LogP) is 4.22. The van der Waals surface area contributed by atoms with Crippen LogP contribution in [-0.4, -0.2) is 8.07 Å². The van der Waals surface area contributed by atoms with E-state index in [9.17, 15) is 0 Å². The zero-order valence-electron chi connectivity index (χ0n) is 8.77. The largest absolute Gasteiger partial charge is 0.0885 e. The highest BCUT2D eigenvalue weighted by Gasteiger charge is 2.23. The summed E-state index contributed by atoms with van der Waals surface area (Å²) in [7, 11) is -0.898. The molecule has 1 atom stereocenters. The smallest absolute Gasteiger partial charge is 0.0513 e. The third-order valence-corrected chi connectivity index (χ3v) is 5.57. The number of allylic oxidation sites excluding steroid dienone is 2. The molecule has 1 heteroatoms. The predicted molar refractivity (Wildman–Crippen MR) is 59.3 cm³/mol. The van der Waals surface area contributed by atoms with E-state index < -0.39 is 8.07 Å². The van der Waals surface area contributed by atoms with Crippen molar-refractivity contribution in [1.82, 2.24) is 0 Å². The first-order valence-corrected chi connectivity index (χ1v) is 8.85. The van der Waals surface area contributed by atoms with Crippen molar-refractivity contribution in [3.05, 3.63) is 12.2 Å². The minimum Gasteiger partial charge on any atom is -0.0885 e. The summed E-state index contributed by atoms with van der Waals surface area (Å²) in [5.41, 5.74) is 0.942. The van der Waals surface area contributed by atoms with Crippen molar-refractivity contribution >= 4 is 8.07 Å². The molecule has 0 saturated heterocycles. The van der Waals surface area contributed by atoms with Gasteiger partial charge in [-0.3, -0.25) is 0 Å². The molecule has 0 N–H and O–H groups in total. The summed E-state index contributed by atoms with van der Waals surface area (Å²) in [6, 6.07) is 0. The average Bonchev–Trinajstić information content (AvgIpc) is 1.81. The van der Waals surface area contributed by atoms with Gasteiger partial charge in [-0.1, -0.05) is 44.6 Å². The van der Waals surface area contributed by atoms with Gasteiger partial charge in [0.05, 0.1) is 8.07 Å². The molecular weight excluding hydrogens is 160 g/mol. The molecule has 1 aliphatic carbocycles. The molecule has 0 radical (unpaired) electrons. The first kappa shape index (κ1) is 10.0. The average molecular weight is 182 g/mol. The molecule has 0 unspecified atom stereocenters. The normalized spacial score (nSPS) is 26.4. The summed E-state index contributed by atoms with van der Waals surface area (Å²) in [6.07, 6.45) is 12.0. The van der Waals surface area contributed by atoms with Crippen LogP contribution < -0.4 is 0 Å². The minimum absolute atomic E-state index is 0.898. The molecule has 0 aromatic rings. The molecule has 0 aromatic heterocycles. The minimum atomic E-state index is -0.898. The molecule has 0 aromatic carbocycles. The number of rotatable bonds is 1. The first-order valence-electron chi connectivity index (χ1n) is 5.27. The maximum absolute atomic E-state index is 2.51. The lowest BCUT2D eigenvalue weighted by Crippen LogP contribution is -2.27. The highest BCUT2D eigenvalue weighted by molar-refractivity contribution is 6.78. The van der Waals surface area contributed by atoms with Crippen molar-refractivity contribution in [2.45, 2.75) is 57.3 Å². The van der Waals surface area contributed by atoms with Gasteiger partial charge < -0.3 is 0 Å². The quantitative estimate of drug-likeness (QED) is 0.421. The van der Waals surface area contributed by atoms with E-state index in [4.69, 9.17) is 0 Å². The van der Waals surface area contributed by atoms with Crippen LogP contribution in [0.3, 0.4) is 0 Å². The molecule has 70 valence electrons. The summed E-state index contributed by atoms with van der Waals surface area (Å²) in [5, 5.41) is 0. The van der Waals surface area contributed by atoms with Gasteiger partial charge in [-0.05, 0) is 24.8 Å². The zero-order valence-corrected chi connectivity index (χ0v) is 9.77. The molecule has 0 amide bonds. The van der Waals surface area contributed by atoms with Crippen LogP contribution in [0.15, 0.2) is 12.2 Å². The topological polar surface area (TPSA) is 0 Å². The van der Waals surface area contributed by atoms with E-state index in [0.29, 0.717) is 0 Å². The van der Waals surface area contributed by atoms with Gasteiger partial charge in [-0.15, -0.1) is 0 Å². The second kappa shape index (κ2) is 4.27. The highest BCUT2D eigenvalue weighted by Crippen LogP contribution is 2.30. The number of hydrogen-bond donors (Lipinski definition) is 0. The summed E-state index contributed by atoms with van der Waals surface area (Å²) < 4.78 is 0. The van der Waals surface area contributed by atoms with E-state index >= 15 is 0 Å². The van der Waals surface area contributed by atoms with Crippen LogP contribution >= 0.6 is 0 Å². The van der Waals surface area contributed by atoms with Crippen LogP contribution in [0.25, 0.3) is 0 Å². The lowest BCUT2D eigenvalue weighted by Gasteiger charge is -2.27. The Morgan fingerprint density at radius 3 is 2.50 bits per heavy atom. The summed E-state index contributed by atoms with van der Waals surface area (Å²) in [6.45, 7) is 7.47. The third kappa shape index (κ3) is 3.14. The molecule has 12 heavy (non-hydrogen) atoms. The van der Waals surface area contributed by atoms with E-state index in [1.807, 2.05) is 0 Å². The molecule has 0 nitrogen and oxygen atoms in total. The second-order valence-corrected chi connectivity index (χ2v) is 10.5. The van der Waals surface area contributed by atoms with E-state index in [0.717, 1.165) is 5.54 Å². The van der Waals surface area contributed by atoms with Gasteiger partial charge in [0.15, 0.2) is 0 Å². The van der Waals surface area contributed by atoms with E-state index in [2.05, 4.69) is 31.8 Å². The Morgan fingerprint density at radius 2 is 1.83 bits per heavy atom. The Labute approximate surface area is 78.1 Å². The van der Waals surface area contributed by atoms with Gasteiger partial charge in [0.2, 0.25) is 0 Å². The fourth-order valence-electron chi connectivity index (χ4n) is 1.88. The standard InChI is InChI=1S/C11H22Si/c1-12(2,3)11-9-7-5-4-6-8-10-11/h7,9,11H,4-6,8,10H2,1-3H3/t11-/m1/s1. The van der Waals surface area contributed by atoms with Crippen molar-refractivity contribution in [2.75, 3.05) is 0 Å². The van der Waals surface area contributed by atoms with Gasteiger partial charge in [-0.25, -0.2) is 0 Å². The van der Waals surface area contributed by atoms with Gasteiger partial charge >= 0.3 is 0 Å². The molecule has 0 spiro atoms. The maximum Gasteiger partial charge on any atom is 0.0513 e. The molecule has 1 rings (SSSR count). The Balaban J connectivity index is 2.55. The fourth-order valence-corrected chi connectivity index (χ4v) is 3.67. The van der Waals surface area contributed by atoms with Gasteiger partial charge in [0.1, 0.15) is 0 Å². The fraction of sp³-hybridized carbons (Fsp3) is 0.818. The Bertz CT molecular complexity index is 153. The highest BCUT2D eigenvalue weighted by atomic mass is 28.3. The van der Waals surface area contributed by atoms with Crippen LogP contribution in [0.2, 0.25) is 25.2 Å². The lowest BCUT2D eigenvalue weighted by molar-refractivity contribution is 0.630. The molecule has 0 heterocycles. The van der Waals surface area contributed by atoms with Crippen LogP contribution in [0.1, 0.15) is 32.1 Å².